The van der Waals surface area contributed by atoms with E-state index in [2.05, 4.69) is 13.8 Å². The van der Waals surface area contributed by atoms with Crippen LogP contribution in [0.1, 0.15) is 46.0 Å². The standard InChI is InChI=1S/C12H22O3S/c1-3-9(2)16-8-12(15)6-4-10(5-7-12)11(13)14/h9-10,15H,3-8H2,1-2H3,(H,13,14). The second-order valence-electron chi connectivity index (χ2n) is 4.87. The minimum atomic E-state index is -0.711. The van der Waals surface area contributed by atoms with Crippen LogP contribution in [0, 0.1) is 5.92 Å². The molecule has 0 saturated heterocycles. The Balaban J connectivity index is 2.35. The van der Waals surface area contributed by atoms with Crippen molar-refractivity contribution >= 4 is 17.7 Å². The number of rotatable bonds is 5. The third-order valence-corrected chi connectivity index (χ3v) is 5.08. The van der Waals surface area contributed by atoms with Crippen LogP contribution >= 0.6 is 11.8 Å². The minimum absolute atomic E-state index is 0.242. The molecular formula is C12H22O3S. The predicted molar refractivity (Wildman–Crippen MR) is 66.8 cm³/mol. The monoisotopic (exact) mass is 246 g/mol. The molecule has 0 radical (unpaired) electrons. The lowest BCUT2D eigenvalue weighted by Crippen LogP contribution is -2.38. The normalized spacial score (nSPS) is 32.3. The molecule has 0 aromatic carbocycles. The summed E-state index contributed by atoms with van der Waals surface area (Å²) in [5.74, 6) is -0.209. The highest BCUT2D eigenvalue weighted by molar-refractivity contribution is 7.99. The molecule has 0 amide bonds. The van der Waals surface area contributed by atoms with Crippen LogP contribution in [-0.4, -0.2) is 32.8 Å². The lowest BCUT2D eigenvalue weighted by atomic mass is 9.80. The molecule has 16 heavy (non-hydrogen) atoms. The van der Waals surface area contributed by atoms with Gasteiger partial charge >= 0.3 is 5.97 Å². The summed E-state index contributed by atoms with van der Waals surface area (Å²) in [5.41, 5.74) is -0.625. The van der Waals surface area contributed by atoms with Crippen LogP contribution in [0.5, 0.6) is 0 Å². The van der Waals surface area contributed by atoms with Gasteiger partial charge in [0.2, 0.25) is 0 Å². The van der Waals surface area contributed by atoms with Gasteiger partial charge in [0.05, 0.1) is 11.5 Å². The summed E-state index contributed by atoms with van der Waals surface area (Å²) in [6.45, 7) is 4.31. The van der Waals surface area contributed by atoms with E-state index in [1.807, 2.05) is 0 Å². The lowest BCUT2D eigenvalue weighted by molar-refractivity contribution is -0.144. The summed E-state index contributed by atoms with van der Waals surface area (Å²) in [7, 11) is 0. The molecule has 3 nitrogen and oxygen atoms in total. The molecule has 94 valence electrons. The third kappa shape index (κ3) is 3.98. The van der Waals surface area contributed by atoms with Crippen molar-refractivity contribution in [1.29, 1.82) is 0 Å². The molecule has 1 aliphatic carbocycles. The minimum Gasteiger partial charge on any atom is -0.481 e. The molecular weight excluding hydrogens is 224 g/mol. The van der Waals surface area contributed by atoms with Gasteiger partial charge < -0.3 is 10.2 Å². The summed E-state index contributed by atoms with van der Waals surface area (Å²) in [4.78, 5) is 10.8. The van der Waals surface area contributed by atoms with Gasteiger partial charge in [0.1, 0.15) is 0 Å². The van der Waals surface area contributed by atoms with Gasteiger partial charge in [-0.3, -0.25) is 4.79 Å². The highest BCUT2D eigenvalue weighted by Crippen LogP contribution is 2.35. The first-order valence-electron chi connectivity index (χ1n) is 6.03. The molecule has 0 heterocycles. The first-order chi connectivity index (χ1) is 7.47. The third-order valence-electron chi connectivity index (χ3n) is 3.48. The van der Waals surface area contributed by atoms with Gasteiger partial charge in [-0.05, 0) is 32.1 Å². The fraction of sp³-hybridized carbons (Fsp3) is 0.917. The molecule has 1 saturated carbocycles. The molecule has 1 fully saturated rings. The molecule has 2 N–H and O–H groups in total. The Morgan fingerprint density at radius 3 is 2.50 bits per heavy atom. The summed E-state index contributed by atoms with van der Waals surface area (Å²) < 4.78 is 0. The zero-order valence-electron chi connectivity index (χ0n) is 10.1. The van der Waals surface area contributed by atoms with Crippen molar-refractivity contribution in [2.75, 3.05) is 5.75 Å². The molecule has 1 aliphatic rings. The van der Waals surface area contributed by atoms with Crippen molar-refractivity contribution in [2.24, 2.45) is 5.92 Å². The number of carboxylic acid groups (broad SMARTS) is 1. The highest BCUT2D eigenvalue weighted by atomic mass is 32.2. The van der Waals surface area contributed by atoms with Crippen molar-refractivity contribution in [1.82, 2.24) is 0 Å². The predicted octanol–water partition coefficient (Wildman–Crippen LogP) is 2.52. The van der Waals surface area contributed by atoms with E-state index >= 15 is 0 Å². The Hall–Kier alpha value is -0.220. The summed E-state index contributed by atoms with van der Waals surface area (Å²) in [6, 6.07) is 0. The number of carboxylic acids is 1. The van der Waals surface area contributed by atoms with Crippen molar-refractivity contribution in [3.05, 3.63) is 0 Å². The van der Waals surface area contributed by atoms with Crippen molar-refractivity contribution in [3.63, 3.8) is 0 Å². The molecule has 4 heteroatoms. The molecule has 0 aromatic heterocycles. The van der Waals surface area contributed by atoms with Crippen LogP contribution in [0.2, 0.25) is 0 Å². The van der Waals surface area contributed by atoms with Gasteiger partial charge in [-0.2, -0.15) is 11.8 Å². The van der Waals surface area contributed by atoms with Crippen LogP contribution in [0.25, 0.3) is 0 Å². The zero-order chi connectivity index (χ0) is 12.2. The number of hydrogen-bond donors (Lipinski definition) is 2. The Kier molecular flexibility index (Phi) is 5.12. The van der Waals surface area contributed by atoms with Gasteiger partial charge in [0.25, 0.3) is 0 Å². The SMILES string of the molecule is CCC(C)SCC1(O)CCC(C(=O)O)CC1. The van der Waals surface area contributed by atoms with E-state index in [1.165, 1.54) is 0 Å². The van der Waals surface area contributed by atoms with Crippen molar-refractivity contribution < 1.29 is 15.0 Å². The molecule has 0 aromatic rings. The zero-order valence-corrected chi connectivity index (χ0v) is 10.9. The lowest BCUT2D eigenvalue weighted by Gasteiger charge is -2.35. The van der Waals surface area contributed by atoms with Crippen LogP contribution in [0.15, 0.2) is 0 Å². The van der Waals surface area contributed by atoms with E-state index in [0.29, 0.717) is 30.9 Å². The van der Waals surface area contributed by atoms with Crippen molar-refractivity contribution in [3.8, 4) is 0 Å². The smallest absolute Gasteiger partial charge is 0.306 e. The average Bonchev–Trinajstić information content (AvgIpc) is 2.26. The van der Waals surface area contributed by atoms with Gasteiger partial charge in [-0.1, -0.05) is 13.8 Å². The van der Waals surface area contributed by atoms with E-state index in [4.69, 9.17) is 5.11 Å². The van der Waals surface area contributed by atoms with E-state index in [9.17, 15) is 9.90 Å². The van der Waals surface area contributed by atoms with Crippen LogP contribution in [-0.2, 0) is 4.79 Å². The fourth-order valence-electron chi connectivity index (χ4n) is 1.96. The topological polar surface area (TPSA) is 57.5 Å². The largest absolute Gasteiger partial charge is 0.481 e. The van der Waals surface area contributed by atoms with Gasteiger partial charge in [0, 0.05) is 11.0 Å². The number of carbonyl (C=O) groups is 1. The Labute approximate surface area is 102 Å². The quantitative estimate of drug-likeness (QED) is 0.782. The Morgan fingerprint density at radius 2 is 2.06 bits per heavy atom. The van der Waals surface area contributed by atoms with Crippen molar-refractivity contribution in [2.45, 2.75) is 56.8 Å². The second-order valence-corrected chi connectivity index (χ2v) is 6.29. The first kappa shape index (κ1) is 13.8. The maximum atomic E-state index is 10.8. The molecule has 0 aliphatic heterocycles. The van der Waals surface area contributed by atoms with Crippen LogP contribution in [0.4, 0.5) is 0 Å². The molecule has 1 atom stereocenters. The number of hydrogen-bond acceptors (Lipinski definition) is 3. The van der Waals surface area contributed by atoms with Crippen LogP contribution < -0.4 is 0 Å². The molecule has 1 rings (SSSR count). The number of aliphatic carboxylic acids is 1. The van der Waals surface area contributed by atoms with E-state index in [1.54, 1.807) is 11.8 Å². The van der Waals surface area contributed by atoms with Gasteiger partial charge in [0.15, 0.2) is 0 Å². The summed E-state index contributed by atoms with van der Waals surface area (Å²) >= 11 is 1.79. The van der Waals surface area contributed by atoms with Gasteiger partial charge in [-0.25, -0.2) is 0 Å². The average molecular weight is 246 g/mol. The van der Waals surface area contributed by atoms with E-state index in [-0.39, 0.29) is 5.92 Å². The maximum absolute atomic E-state index is 10.8. The molecule has 0 bridgehead atoms. The van der Waals surface area contributed by atoms with Crippen LogP contribution in [0.3, 0.4) is 0 Å². The van der Waals surface area contributed by atoms with E-state index in [0.717, 1.165) is 12.2 Å². The van der Waals surface area contributed by atoms with E-state index < -0.39 is 11.6 Å². The molecule has 0 spiro atoms. The second kappa shape index (κ2) is 5.92. The number of thioether (sulfide) groups is 1. The maximum Gasteiger partial charge on any atom is 0.306 e. The summed E-state index contributed by atoms with van der Waals surface area (Å²) in [6.07, 6.45) is 3.61. The fourth-order valence-corrected chi connectivity index (χ4v) is 3.08. The number of aliphatic hydroxyl groups is 1. The Bertz CT molecular complexity index is 234. The van der Waals surface area contributed by atoms with Gasteiger partial charge in [-0.15, -0.1) is 0 Å². The molecule has 1 unspecified atom stereocenters. The highest BCUT2D eigenvalue weighted by Gasteiger charge is 2.35. The summed E-state index contributed by atoms with van der Waals surface area (Å²) in [5, 5.41) is 19.7. The Morgan fingerprint density at radius 1 is 1.50 bits per heavy atom. The first-order valence-corrected chi connectivity index (χ1v) is 7.08.